The van der Waals surface area contributed by atoms with Crippen LogP contribution in [0.2, 0.25) is 0 Å². The van der Waals surface area contributed by atoms with E-state index in [-0.39, 0.29) is 76.6 Å². The first kappa shape index (κ1) is 85.8. The Kier molecular flexibility index (Phi) is 30.7. The van der Waals surface area contributed by atoms with Gasteiger partial charge in [-0.1, -0.05) is 83.1 Å². The van der Waals surface area contributed by atoms with E-state index in [9.17, 15) is 68.0 Å². The molecule has 3 saturated heterocycles. The van der Waals surface area contributed by atoms with Crippen molar-refractivity contribution in [2.75, 3.05) is 53.1 Å². The highest BCUT2D eigenvalue weighted by atomic mass is 32.2. The number of aliphatic hydroxyl groups excluding tert-OH is 3. The first-order valence-electron chi connectivity index (χ1n) is 36.8. The van der Waals surface area contributed by atoms with Gasteiger partial charge in [-0.25, -0.2) is 4.39 Å². The van der Waals surface area contributed by atoms with Gasteiger partial charge in [0.15, 0.2) is 12.6 Å². The fourth-order valence-electron chi connectivity index (χ4n) is 15.2. The van der Waals surface area contributed by atoms with Crippen molar-refractivity contribution in [1.82, 2.24) is 36.4 Å². The lowest BCUT2D eigenvalue weighted by atomic mass is 9.77. The average Bonchev–Trinajstić information content (AvgIpc) is 1.76. The largest absolute Gasteiger partial charge is 0.459 e. The maximum Gasteiger partial charge on any atom is 0.311 e. The number of nitrogens with zero attached hydrogens (tertiary/aromatic N) is 2. The number of benzene rings is 3. The summed E-state index contributed by atoms with van der Waals surface area (Å²) >= 11 is 0. The van der Waals surface area contributed by atoms with Gasteiger partial charge in [-0.3, -0.25) is 37.9 Å². The third kappa shape index (κ3) is 22.8. The fourth-order valence-corrected chi connectivity index (χ4v) is 15.7. The number of amides is 5. The first-order chi connectivity index (χ1) is 49.2. The molecule has 3 aromatic rings. The van der Waals surface area contributed by atoms with E-state index in [4.69, 9.17) is 23.7 Å². The molecule has 1 aliphatic carbocycles. The molecule has 7 rings (SSSR count). The lowest BCUT2D eigenvalue weighted by molar-refractivity contribution is -0.316. The van der Waals surface area contributed by atoms with Crippen molar-refractivity contribution in [2.24, 2.45) is 23.7 Å². The number of cyclic esters (lactones) is 1. The maximum atomic E-state index is 14.8. The number of carbonyl (C=O) groups is 6. The van der Waals surface area contributed by atoms with Gasteiger partial charge in [0.2, 0.25) is 29.5 Å². The Morgan fingerprint density at radius 2 is 1.47 bits per heavy atom. The Balaban J connectivity index is 1.01. The van der Waals surface area contributed by atoms with Crippen LogP contribution in [0.15, 0.2) is 83.3 Å². The van der Waals surface area contributed by atoms with E-state index in [1.54, 1.807) is 96.3 Å². The average molecular weight is 1490 g/mol. The highest BCUT2D eigenvalue weighted by Gasteiger charge is 2.53. The zero-order valence-corrected chi connectivity index (χ0v) is 64.7. The molecular weight excluding hydrogens is 1370 g/mol. The van der Waals surface area contributed by atoms with Crippen LogP contribution in [-0.4, -0.2) is 236 Å². The van der Waals surface area contributed by atoms with E-state index in [2.05, 4.69) is 26.6 Å². The van der Waals surface area contributed by atoms with E-state index in [0.717, 1.165) is 22.3 Å². The van der Waals surface area contributed by atoms with Crippen molar-refractivity contribution in [3.8, 4) is 0 Å². The van der Waals surface area contributed by atoms with Gasteiger partial charge in [0.1, 0.15) is 47.9 Å². The molecule has 4 aliphatic rings. The minimum Gasteiger partial charge on any atom is -0.459 e. The standard InChI is InChI=1S/C78H116FN7O18S/c1-17-62-78(13,98)69(91)49(9)86(42-44(4)38-77(12,97)71(104-75-67(90)61(85(14)15)33-45(5)100-75)47(7)68(48(8)74(95)102-62)103-66-39-76(11,96)70(92)50(10)101-66)31-21-30-80-64(88)40-82-72(93)59(32-43(2)3)84-73(94)60(35-51-22-19-18-20-23-51)83-65(89)41-81-63(87)37-57-46(6)56(55-29-26-53(79)36-58(55)57)34-52-24-27-54(28-25-52)105(16)99/h18-20,22-29,34,36,43-45,47-50,59-62,66-71,75,90-92,96-98H,17,21,30-33,35,37-42H2,1-16H3,(H,80,88)(H,81,87)(H,82,93)(H,83,89)(H,84,94)/b56-34+. The molecular formula is C78H116FN7O18S. The summed E-state index contributed by atoms with van der Waals surface area (Å²) in [4.78, 5) is 88.5. The van der Waals surface area contributed by atoms with Crippen LogP contribution in [0, 0.1) is 29.5 Å². The Morgan fingerprint density at radius 3 is 2.10 bits per heavy atom. The van der Waals surface area contributed by atoms with E-state index >= 15 is 0 Å². The smallest absolute Gasteiger partial charge is 0.311 e. The Morgan fingerprint density at radius 1 is 0.800 bits per heavy atom. The highest BCUT2D eigenvalue weighted by Crippen LogP contribution is 2.45. The summed E-state index contributed by atoms with van der Waals surface area (Å²) in [7, 11) is 2.50. The van der Waals surface area contributed by atoms with Gasteiger partial charge in [-0.05, 0) is 183 Å². The molecule has 584 valence electrons. The topological polar surface area (TPSA) is 354 Å². The predicted octanol–water partition coefficient (Wildman–Crippen LogP) is 4.91. The number of hydrogen-bond donors (Lipinski definition) is 11. The van der Waals surface area contributed by atoms with Gasteiger partial charge >= 0.3 is 5.97 Å². The van der Waals surface area contributed by atoms with Crippen LogP contribution in [0.5, 0.6) is 0 Å². The summed E-state index contributed by atoms with van der Waals surface area (Å²) in [5.74, 6) is -7.15. The second kappa shape index (κ2) is 37.6. The lowest BCUT2D eigenvalue weighted by Gasteiger charge is -2.48. The van der Waals surface area contributed by atoms with Crippen molar-refractivity contribution in [2.45, 2.75) is 249 Å². The molecule has 3 heterocycles. The van der Waals surface area contributed by atoms with E-state index < -0.39 is 179 Å². The molecule has 21 unspecified atom stereocenters. The summed E-state index contributed by atoms with van der Waals surface area (Å²) < 4.78 is 58.9. The Bertz CT molecular complexity index is 3540. The molecule has 0 bridgehead atoms. The number of aliphatic hydroxyl groups is 6. The molecule has 105 heavy (non-hydrogen) atoms. The molecule has 3 fully saturated rings. The molecule has 0 saturated carbocycles. The summed E-state index contributed by atoms with van der Waals surface area (Å²) in [6, 6.07) is 16.8. The number of rotatable bonds is 26. The summed E-state index contributed by atoms with van der Waals surface area (Å²) in [5, 5.41) is 85.4. The van der Waals surface area contributed by atoms with E-state index in [1.807, 2.05) is 76.7 Å². The fraction of sp³-hybridized carbons (Fsp3) is 0.641. The summed E-state index contributed by atoms with van der Waals surface area (Å²) in [6.45, 7) is 21.5. The number of nitrogens with one attached hydrogen (secondary N) is 5. The molecule has 3 aromatic carbocycles. The van der Waals surface area contributed by atoms with Crippen LogP contribution in [0.4, 0.5) is 4.39 Å². The van der Waals surface area contributed by atoms with Crippen LogP contribution in [0.1, 0.15) is 157 Å². The van der Waals surface area contributed by atoms with Crippen molar-refractivity contribution < 1.29 is 91.7 Å². The normalized spacial score (nSPS) is 32.1. The van der Waals surface area contributed by atoms with Crippen molar-refractivity contribution in [1.29, 1.82) is 0 Å². The minimum absolute atomic E-state index is 0.0110. The van der Waals surface area contributed by atoms with Gasteiger partial charge in [0.25, 0.3) is 0 Å². The van der Waals surface area contributed by atoms with Gasteiger partial charge < -0.3 is 85.8 Å². The number of allylic oxidation sites excluding steroid dienone is 2. The van der Waals surface area contributed by atoms with Crippen molar-refractivity contribution >= 4 is 63.5 Å². The zero-order chi connectivity index (χ0) is 77.7. The molecule has 21 atom stereocenters. The molecule has 25 nitrogen and oxygen atoms in total. The minimum atomic E-state index is -2.06. The monoisotopic (exact) mass is 1490 g/mol. The number of ether oxygens (including phenoxy) is 5. The summed E-state index contributed by atoms with van der Waals surface area (Å²) in [6.07, 6.45) is -7.35. The highest BCUT2D eigenvalue weighted by molar-refractivity contribution is 7.84. The number of fused-ring (bicyclic) bond motifs is 1. The number of carbonyl (C=O) groups excluding carboxylic acids is 6. The maximum absolute atomic E-state index is 14.8. The van der Waals surface area contributed by atoms with Crippen molar-refractivity contribution in [3.05, 3.63) is 106 Å². The van der Waals surface area contributed by atoms with E-state index in [1.165, 1.54) is 26.0 Å². The first-order valence-corrected chi connectivity index (χ1v) is 38.3. The van der Waals surface area contributed by atoms with Crippen LogP contribution in [-0.2, 0) is 69.7 Å². The summed E-state index contributed by atoms with van der Waals surface area (Å²) in [5.41, 5.74) is -0.687. The Hall–Kier alpha value is -6.44. The Labute approximate surface area is 620 Å². The van der Waals surface area contributed by atoms with Crippen LogP contribution >= 0.6 is 0 Å². The van der Waals surface area contributed by atoms with Crippen molar-refractivity contribution in [3.63, 3.8) is 0 Å². The second-order valence-corrected chi connectivity index (χ2v) is 32.2. The molecule has 3 aliphatic heterocycles. The lowest BCUT2D eigenvalue weighted by Crippen LogP contribution is -2.60. The molecule has 0 spiro atoms. The number of esters is 1. The van der Waals surface area contributed by atoms with Crippen LogP contribution in [0.25, 0.3) is 17.2 Å². The van der Waals surface area contributed by atoms with Gasteiger partial charge in [-0.2, -0.15) is 0 Å². The predicted molar refractivity (Wildman–Crippen MR) is 396 cm³/mol. The number of halogens is 1. The third-order valence-corrected chi connectivity index (χ3v) is 21.9. The molecule has 11 N–H and O–H groups in total. The quantitative estimate of drug-likeness (QED) is 0.0376. The molecule has 0 radical (unpaired) electrons. The number of likely N-dealkylation sites (N-methyl/N-ethyl adjacent to an activating group) is 1. The molecule has 27 heteroatoms. The van der Waals surface area contributed by atoms with Crippen LogP contribution in [0.3, 0.4) is 0 Å². The molecule has 0 aromatic heterocycles. The third-order valence-electron chi connectivity index (χ3n) is 21.0. The van der Waals surface area contributed by atoms with Crippen LogP contribution < -0.4 is 26.6 Å². The SMILES string of the molecule is CCC1OC(=O)C(C)C(OC2CC(C)(O)C(O)C(C)O2)C(C)C(OC2OC(C)CC(N(C)C)C2O)C(C)(O)CC(C)CN(CCCNC(=O)CNC(=O)C(CC(C)C)NC(=O)C(Cc2ccccc2)NC(=O)CNC(=O)CC2=C(C)/C(=C\c3ccc(S(C)=O)cc3)c3ccc(F)cc32)C(C)C(O)C1(C)O. The second-order valence-electron chi connectivity index (χ2n) is 30.8. The zero-order valence-electron chi connectivity index (χ0n) is 63.9. The molecule has 5 amide bonds. The number of hydrogen-bond acceptors (Lipinski definition) is 20. The van der Waals surface area contributed by atoms with Gasteiger partial charge in [-0.15, -0.1) is 0 Å². The van der Waals surface area contributed by atoms with Gasteiger partial charge in [0.05, 0.1) is 61.0 Å². The van der Waals surface area contributed by atoms with E-state index in [0.29, 0.717) is 28.0 Å². The van der Waals surface area contributed by atoms with Gasteiger partial charge in [0, 0.05) is 72.4 Å².